The van der Waals surface area contributed by atoms with Gasteiger partial charge in [0.1, 0.15) is 0 Å². The van der Waals surface area contributed by atoms with E-state index in [0.717, 1.165) is 16.8 Å². The number of nitrogens with zero attached hydrogens (tertiary/aromatic N) is 2. The highest BCUT2D eigenvalue weighted by Crippen LogP contribution is 2.26. The second-order valence-corrected chi connectivity index (χ2v) is 6.61. The molecule has 0 saturated carbocycles. The molecular weight excluding hydrogens is 378 g/mol. The molecule has 6 nitrogen and oxygen atoms in total. The van der Waals surface area contributed by atoms with Crippen LogP contribution in [0.2, 0.25) is 5.02 Å². The maximum atomic E-state index is 10.9. The van der Waals surface area contributed by atoms with Crippen LogP contribution >= 0.6 is 11.6 Å². The minimum absolute atomic E-state index is 0.0283. The molecule has 0 saturated heterocycles. The molecule has 28 heavy (non-hydrogen) atoms. The van der Waals surface area contributed by atoms with Gasteiger partial charge in [0, 0.05) is 29.3 Å². The summed E-state index contributed by atoms with van der Waals surface area (Å²) < 4.78 is 0. The first-order chi connectivity index (χ1) is 13.6. The largest absolute Gasteiger partial charge is 0.411 e. The molecule has 0 amide bonds. The van der Waals surface area contributed by atoms with Gasteiger partial charge in [-0.3, -0.25) is 10.1 Å². The molecule has 3 aromatic carbocycles. The number of nitro benzene ring substituents is 1. The zero-order chi connectivity index (χ0) is 19.9. The van der Waals surface area contributed by atoms with E-state index in [1.807, 2.05) is 30.3 Å². The Balaban J connectivity index is 1.86. The lowest BCUT2D eigenvalue weighted by Crippen LogP contribution is -2.16. The van der Waals surface area contributed by atoms with Crippen LogP contribution in [0.4, 0.5) is 11.4 Å². The van der Waals surface area contributed by atoms with Crippen molar-refractivity contribution in [3.63, 3.8) is 0 Å². The second kappa shape index (κ2) is 9.01. The summed E-state index contributed by atoms with van der Waals surface area (Å²) in [4.78, 5) is 10.4. The average Bonchev–Trinajstić information content (AvgIpc) is 2.73. The van der Waals surface area contributed by atoms with E-state index in [1.165, 1.54) is 12.1 Å². The zero-order valence-electron chi connectivity index (χ0n) is 14.8. The number of oxime groups is 1. The summed E-state index contributed by atoms with van der Waals surface area (Å²) in [6.45, 7) is 0. The molecule has 0 aliphatic heterocycles. The molecule has 142 valence electrons. The molecule has 0 aromatic heterocycles. The molecule has 0 radical (unpaired) electrons. The quantitative estimate of drug-likeness (QED) is 0.233. The third kappa shape index (κ3) is 4.86. The van der Waals surface area contributed by atoms with Gasteiger partial charge in [-0.15, -0.1) is 0 Å². The minimum atomic E-state index is -0.435. The van der Waals surface area contributed by atoms with Crippen LogP contribution in [-0.4, -0.2) is 15.8 Å². The van der Waals surface area contributed by atoms with Crippen molar-refractivity contribution in [2.45, 2.75) is 12.5 Å². The normalized spacial score (nSPS) is 12.4. The Bertz CT molecular complexity index is 958. The van der Waals surface area contributed by atoms with Gasteiger partial charge in [0.05, 0.1) is 16.7 Å². The van der Waals surface area contributed by atoms with E-state index in [-0.39, 0.29) is 11.7 Å². The standard InChI is InChI=1S/C21H18ClN3O3/c22-17-8-6-16(7-9-17)21(24-26)14-20(15-4-2-1-3-5-15)23-18-10-12-19(13-11-18)25(27)28/h1-13,20,23,26H,14H2/b24-21-. The van der Waals surface area contributed by atoms with Crippen LogP contribution in [0, 0.1) is 10.1 Å². The van der Waals surface area contributed by atoms with E-state index < -0.39 is 4.92 Å². The molecule has 3 rings (SSSR count). The number of hydrogen-bond acceptors (Lipinski definition) is 5. The predicted molar refractivity (Wildman–Crippen MR) is 110 cm³/mol. The van der Waals surface area contributed by atoms with Crippen molar-refractivity contribution in [1.29, 1.82) is 0 Å². The molecule has 7 heteroatoms. The predicted octanol–water partition coefficient (Wildman–Crippen LogP) is 5.67. The van der Waals surface area contributed by atoms with Crippen molar-refractivity contribution in [2.75, 3.05) is 5.32 Å². The lowest BCUT2D eigenvalue weighted by molar-refractivity contribution is -0.384. The van der Waals surface area contributed by atoms with Gasteiger partial charge in [-0.05, 0) is 35.4 Å². The Morgan fingerprint density at radius 3 is 2.25 bits per heavy atom. The summed E-state index contributed by atoms with van der Waals surface area (Å²) in [7, 11) is 0. The van der Waals surface area contributed by atoms with Gasteiger partial charge >= 0.3 is 0 Å². The fraction of sp³-hybridized carbons (Fsp3) is 0.0952. The first-order valence-electron chi connectivity index (χ1n) is 8.59. The summed E-state index contributed by atoms with van der Waals surface area (Å²) in [6.07, 6.45) is 0.402. The molecule has 0 heterocycles. The number of halogens is 1. The van der Waals surface area contributed by atoms with E-state index in [0.29, 0.717) is 17.2 Å². The zero-order valence-corrected chi connectivity index (χ0v) is 15.6. The third-order valence-electron chi connectivity index (χ3n) is 4.32. The second-order valence-electron chi connectivity index (χ2n) is 6.17. The first kappa shape index (κ1) is 19.4. The highest BCUT2D eigenvalue weighted by atomic mass is 35.5. The van der Waals surface area contributed by atoms with Crippen LogP contribution in [0.3, 0.4) is 0 Å². The van der Waals surface area contributed by atoms with Gasteiger partial charge < -0.3 is 10.5 Å². The van der Waals surface area contributed by atoms with Crippen molar-refractivity contribution >= 4 is 28.7 Å². The fourth-order valence-electron chi connectivity index (χ4n) is 2.87. The van der Waals surface area contributed by atoms with Gasteiger partial charge in [0.2, 0.25) is 0 Å². The van der Waals surface area contributed by atoms with E-state index in [1.54, 1.807) is 36.4 Å². The van der Waals surface area contributed by atoms with Crippen LogP contribution in [0.1, 0.15) is 23.6 Å². The van der Waals surface area contributed by atoms with Crippen LogP contribution in [0.25, 0.3) is 0 Å². The lowest BCUT2D eigenvalue weighted by Gasteiger charge is -2.21. The SMILES string of the molecule is O=[N+]([O-])c1ccc(NC(C/C(=N/O)c2ccc(Cl)cc2)c2ccccc2)cc1. The topological polar surface area (TPSA) is 87.8 Å². The Labute approximate surface area is 167 Å². The lowest BCUT2D eigenvalue weighted by atomic mass is 9.97. The summed E-state index contributed by atoms with van der Waals surface area (Å²) >= 11 is 5.94. The molecule has 1 unspecified atom stereocenters. The van der Waals surface area contributed by atoms with Crippen molar-refractivity contribution in [1.82, 2.24) is 0 Å². The molecule has 3 aromatic rings. The number of anilines is 1. The van der Waals surface area contributed by atoms with E-state index in [4.69, 9.17) is 11.6 Å². The Morgan fingerprint density at radius 1 is 1.04 bits per heavy atom. The van der Waals surface area contributed by atoms with Crippen LogP contribution in [-0.2, 0) is 0 Å². The number of nitrogens with one attached hydrogen (secondary N) is 1. The molecule has 1 atom stereocenters. The van der Waals surface area contributed by atoms with Crippen molar-refractivity contribution < 1.29 is 10.1 Å². The smallest absolute Gasteiger partial charge is 0.269 e. The third-order valence-corrected chi connectivity index (χ3v) is 4.57. The molecule has 0 spiro atoms. The number of rotatable bonds is 7. The van der Waals surface area contributed by atoms with Crippen molar-refractivity contribution in [2.24, 2.45) is 5.16 Å². The van der Waals surface area contributed by atoms with E-state index in [2.05, 4.69) is 10.5 Å². The Hall–Kier alpha value is -3.38. The van der Waals surface area contributed by atoms with Gasteiger partial charge in [-0.2, -0.15) is 0 Å². The van der Waals surface area contributed by atoms with E-state index >= 15 is 0 Å². The highest BCUT2D eigenvalue weighted by Gasteiger charge is 2.17. The number of nitro groups is 1. The molecule has 2 N–H and O–H groups in total. The average molecular weight is 396 g/mol. The van der Waals surface area contributed by atoms with Gasteiger partial charge in [-0.25, -0.2) is 0 Å². The fourth-order valence-corrected chi connectivity index (χ4v) is 3.00. The monoisotopic (exact) mass is 395 g/mol. The van der Waals surface area contributed by atoms with Crippen molar-refractivity contribution in [3.8, 4) is 0 Å². The highest BCUT2D eigenvalue weighted by molar-refractivity contribution is 6.30. The Morgan fingerprint density at radius 2 is 1.68 bits per heavy atom. The first-order valence-corrected chi connectivity index (χ1v) is 8.97. The summed E-state index contributed by atoms with van der Waals surface area (Å²) in [5, 5.41) is 27.9. The Kier molecular flexibility index (Phi) is 6.24. The molecule has 0 bridgehead atoms. The van der Waals surface area contributed by atoms with Gasteiger partial charge in [-0.1, -0.05) is 59.2 Å². The van der Waals surface area contributed by atoms with Gasteiger partial charge in [0.15, 0.2) is 0 Å². The maximum absolute atomic E-state index is 10.9. The molecule has 0 fully saturated rings. The number of non-ortho nitro benzene ring substituents is 1. The van der Waals surface area contributed by atoms with Crippen LogP contribution < -0.4 is 5.32 Å². The summed E-state index contributed by atoms with van der Waals surface area (Å²) in [6, 6.07) is 22.8. The summed E-state index contributed by atoms with van der Waals surface area (Å²) in [5.74, 6) is 0. The maximum Gasteiger partial charge on any atom is 0.269 e. The molecular formula is C21H18ClN3O3. The number of hydrogen-bond donors (Lipinski definition) is 2. The van der Waals surface area contributed by atoms with Crippen molar-refractivity contribution in [3.05, 3.63) is 105 Å². The number of benzene rings is 3. The molecule has 0 aliphatic rings. The van der Waals surface area contributed by atoms with Crippen LogP contribution in [0.5, 0.6) is 0 Å². The molecule has 0 aliphatic carbocycles. The van der Waals surface area contributed by atoms with E-state index in [9.17, 15) is 15.3 Å². The van der Waals surface area contributed by atoms with Gasteiger partial charge in [0.25, 0.3) is 5.69 Å². The minimum Gasteiger partial charge on any atom is -0.411 e. The van der Waals surface area contributed by atoms with Crippen LogP contribution in [0.15, 0.2) is 84.0 Å². The summed E-state index contributed by atoms with van der Waals surface area (Å²) in [5.41, 5.74) is 3.02.